The molecule has 0 atom stereocenters. The molecular weight excluding hydrogens is 266 g/mol. The molecule has 0 bridgehead atoms. The number of carbonyl (C=O) groups excluding carboxylic acids is 1. The van der Waals surface area contributed by atoms with Crippen LogP contribution in [-0.4, -0.2) is 20.2 Å². The molecule has 18 heavy (non-hydrogen) atoms. The SMILES string of the molecule is O=C1NC(=S)S/C1=C/c1ccc2nccnc2c1. The Morgan fingerprint density at radius 3 is 2.72 bits per heavy atom. The lowest BCUT2D eigenvalue weighted by molar-refractivity contribution is -0.115. The molecule has 0 aliphatic carbocycles. The number of nitrogens with zero attached hydrogens (tertiary/aromatic N) is 2. The Morgan fingerprint density at radius 1 is 1.22 bits per heavy atom. The van der Waals surface area contributed by atoms with Crippen molar-refractivity contribution in [1.29, 1.82) is 0 Å². The molecule has 1 aliphatic rings. The van der Waals surface area contributed by atoms with Crippen molar-refractivity contribution in [3.05, 3.63) is 41.1 Å². The number of fused-ring (bicyclic) bond motifs is 1. The molecule has 6 heteroatoms. The van der Waals surface area contributed by atoms with E-state index in [1.54, 1.807) is 18.5 Å². The van der Waals surface area contributed by atoms with E-state index in [0.29, 0.717) is 9.23 Å². The second-order valence-electron chi connectivity index (χ2n) is 3.66. The van der Waals surface area contributed by atoms with E-state index in [1.165, 1.54) is 11.8 Å². The van der Waals surface area contributed by atoms with Gasteiger partial charge in [-0.1, -0.05) is 30.0 Å². The van der Waals surface area contributed by atoms with Crippen molar-refractivity contribution in [1.82, 2.24) is 15.3 Å². The van der Waals surface area contributed by atoms with Gasteiger partial charge in [0.1, 0.15) is 4.32 Å². The van der Waals surface area contributed by atoms with Gasteiger partial charge in [0.15, 0.2) is 0 Å². The van der Waals surface area contributed by atoms with Crippen molar-refractivity contribution in [3.8, 4) is 0 Å². The molecule has 2 heterocycles. The second-order valence-corrected chi connectivity index (χ2v) is 5.38. The van der Waals surface area contributed by atoms with E-state index in [-0.39, 0.29) is 5.91 Å². The van der Waals surface area contributed by atoms with E-state index in [0.717, 1.165) is 16.6 Å². The van der Waals surface area contributed by atoms with E-state index in [1.807, 2.05) is 18.2 Å². The summed E-state index contributed by atoms with van der Waals surface area (Å²) in [6, 6.07) is 5.67. The molecular formula is C12H7N3OS2. The third-order valence-electron chi connectivity index (χ3n) is 2.43. The smallest absolute Gasteiger partial charge is 0.263 e. The highest BCUT2D eigenvalue weighted by atomic mass is 32.2. The van der Waals surface area contributed by atoms with Gasteiger partial charge in [0.05, 0.1) is 15.9 Å². The largest absolute Gasteiger partial charge is 0.307 e. The van der Waals surface area contributed by atoms with E-state index >= 15 is 0 Å². The van der Waals surface area contributed by atoms with Crippen molar-refractivity contribution in [2.75, 3.05) is 0 Å². The van der Waals surface area contributed by atoms with Crippen LogP contribution >= 0.6 is 24.0 Å². The molecule has 1 fully saturated rings. The summed E-state index contributed by atoms with van der Waals surface area (Å²) in [6.45, 7) is 0. The lowest BCUT2D eigenvalue weighted by Crippen LogP contribution is -2.17. The summed E-state index contributed by atoms with van der Waals surface area (Å²) < 4.78 is 0.492. The van der Waals surface area contributed by atoms with E-state index < -0.39 is 0 Å². The first kappa shape index (κ1) is 11.3. The highest BCUT2D eigenvalue weighted by molar-refractivity contribution is 8.26. The molecule has 1 aromatic heterocycles. The number of thioether (sulfide) groups is 1. The fourth-order valence-electron chi connectivity index (χ4n) is 1.64. The molecule has 1 aliphatic heterocycles. The van der Waals surface area contributed by atoms with Crippen LogP contribution in [0.5, 0.6) is 0 Å². The van der Waals surface area contributed by atoms with Crippen molar-refractivity contribution in [3.63, 3.8) is 0 Å². The third kappa shape index (κ3) is 2.12. The normalized spacial score (nSPS) is 17.4. The molecule has 0 spiro atoms. The van der Waals surface area contributed by atoms with Gasteiger partial charge in [0, 0.05) is 12.4 Å². The zero-order valence-electron chi connectivity index (χ0n) is 9.08. The van der Waals surface area contributed by atoms with Crippen LogP contribution in [0.3, 0.4) is 0 Å². The highest BCUT2D eigenvalue weighted by Gasteiger charge is 2.21. The van der Waals surface area contributed by atoms with Crippen LogP contribution in [0.1, 0.15) is 5.56 Å². The number of hydrogen-bond acceptors (Lipinski definition) is 5. The van der Waals surface area contributed by atoms with Gasteiger partial charge >= 0.3 is 0 Å². The van der Waals surface area contributed by atoms with Gasteiger partial charge in [-0.25, -0.2) is 0 Å². The molecule has 0 radical (unpaired) electrons. The van der Waals surface area contributed by atoms with Crippen molar-refractivity contribution < 1.29 is 4.79 Å². The number of rotatable bonds is 1. The number of thiocarbonyl (C=S) groups is 1. The monoisotopic (exact) mass is 273 g/mol. The predicted octanol–water partition coefficient (Wildman–Crippen LogP) is 2.12. The van der Waals surface area contributed by atoms with Gasteiger partial charge in [-0.15, -0.1) is 0 Å². The molecule has 88 valence electrons. The molecule has 1 amide bonds. The van der Waals surface area contributed by atoms with Gasteiger partial charge < -0.3 is 5.32 Å². The number of amides is 1. The van der Waals surface area contributed by atoms with Gasteiger partial charge in [-0.05, 0) is 23.8 Å². The fraction of sp³-hybridized carbons (Fsp3) is 0. The predicted molar refractivity (Wildman–Crippen MR) is 75.8 cm³/mol. The molecule has 4 nitrogen and oxygen atoms in total. The Labute approximate surface area is 113 Å². The van der Waals surface area contributed by atoms with E-state index in [9.17, 15) is 4.79 Å². The number of aromatic nitrogens is 2. The zero-order valence-corrected chi connectivity index (χ0v) is 10.7. The lowest BCUT2D eigenvalue weighted by Gasteiger charge is -1.98. The van der Waals surface area contributed by atoms with Gasteiger partial charge in [0.25, 0.3) is 5.91 Å². The van der Waals surface area contributed by atoms with Gasteiger partial charge in [-0.2, -0.15) is 0 Å². The number of benzene rings is 1. The fourth-order valence-corrected chi connectivity index (χ4v) is 2.69. The molecule has 0 saturated carbocycles. The van der Waals surface area contributed by atoms with Crippen LogP contribution in [0.4, 0.5) is 0 Å². The summed E-state index contributed by atoms with van der Waals surface area (Å²) >= 11 is 6.20. The Bertz CT molecular complexity index is 697. The van der Waals surface area contributed by atoms with Crippen LogP contribution in [0.25, 0.3) is 17.1 Å². The second kappa shape index (κ2) is 4.47. The summed E-state index contributed by atoms with van der Waals surface area (Å²) in [5.74, 6) is -0.149. The Balaban J connectivity index is 2.02. The molecule has 1 saturated heterocycles. The first-order valence-corrected chi connectivity index (χ1v) is 6.40. The Kier molecular flexibility index (Phi) is 2.81. The van der Waals surface area contributed by atoms with Crippen molar-refractivity contribution in [2.45, 2.75) is 0 Å². The summed E-state index contributed by atoms with van der Waals surface area (Å²) in [5, 5.41) is 2.58. The average molecular weight is 273 g/mol. The standard InChI is InChI=1S/C12H7N3OS2/c16-11-10(18-12(17)15-11)6-7-1-2-8-9(5-7)14-4-3-13-8/h1-6H,(H,15,16,17)/b10-6+. The Hall–Kier alpha value is -1.79. The van der Waals surface area contributed by atoms with Crippen molar-refractivity contribution in [2.24, 2.45) is 0 Å². The minimum absolute atomic E-state index is 0.149. The maximum Gasteiger partial charge on any atom is 0.263 e. The average Bonchev–Trinajstić information content (AvgIpc) is 2.68. The first-order chi connectivity index (χ1) is 8.72. The summed E-state index contributed by atoms with van der Waals surface area (Å²) in [4.78, 5) is 20.6. The van der Waals surface area contributed by atoms with Crippen LogP contribution in [0.2, 0.25) is 0 Å². The molecule has 1 N–H and O–H groups in total. The quantitative estimate of drug-likeness (QED) is 0.637. The van der Waals surface area contributed by atoms with Gasteiger partial charge in [0.2, 0.25) is 0 Å². The van der Waals surface area contributed by atoms with Crippen molar-refractivity contribution >= 4 is 51.3 Å². The van der Waals surface area contributed by atoms with Gasteiger partial charge in [-0.3, -0.25) is 14.8 Å². The molecule has 0 unspecified atom stereocenters. The highest BCUT2D eigenvalue weighted by Crippen LogP contribution is 2.26. The summed E-state index contributed by atoms with van der Waals surface area (Å²) in [7, 11) is 0. The maximum atomic E-state index is 11.5. The minimum Gasteiger partial charge on any atom is -0.307 e. The minimum atomic E-state index is -0.149. The van der Waals surface area contributed by atoms with Crippen LogP contribution in [0, 0.1) is 0 Å². The summed E-state index contributed by atoms with van der Waals surface area (Å²) in [6.07, 6.45) is 5.10. The third-order valence-corrected chi connectivity index (χ3v) is 3.60. The Morgan fingerprint density at radius 2 is 2.00 bits per heavy atom. The van der Waals surface area contributed by atoms with Crippen LogP contribution < -0.4 is 5.32 Å². The number of hydrogen-bond donors (Lipinski definition) is 1. The maximum absolute atomic E-state index is 11.5. The van der Waals surface area contributed by atoms with Crippen LogP contribution in [-0.2, 0) is 4.79 Å². The number of carbonyl (C=O) groups is 1. The number of nitrogens with one attached hydrogen (secondary N) is 1. The first-order valence-electron chi connectivity index (χ1n) is 5.18. The summed E-state index contributed by atoms with van der Waals surface area (Å²) in [5.41, 5.74) is 2.54. The molecule has 2 aromatic rings. The van der Waals surface area contributed by atoms with E-state index in [4.69, 9.17) is 12.2 Å². The zero-order chi connectivity index (χ0) is 12.5. The molecule has 3 rings (SSSR count). The van der Waals surface area contributed by atoms with Crippen LogP contribution in [0.15, 0.2) is 35.5 Å². The lowest BCUT2D eigenvalue weighted by atomic mass is 10.2. The van der Waals surface area contributed by atoms with E-state index in [2.05, 4.69) is 15.3 Å². The topological polar surface area (TPSA) is 54.9 Å². The molecule has 1 aromatic carbocycles.